The Morgan fingerprint density at radius 3 is 2.57 bits per heavy atom. The van der Waals surface area contributed by atoms with Crippen LogP contribution in [0.15, 0.2) is 36.4 Å². The summed E-state index contributed by atoms with van der Waals surface area (Å²) >= 11 is 5.88. The number of nitriles is 1. The van der Waals surface area contributed by atoms with Crippen molar-refractivity contribution >= 4 is 17.6 Å². The number of hydrogen-bond donors (Lipinski definition) is 1. The Bertz CT molecular complexity index is 737. The van der Waals surface area contributed by atoms with Crippen LogP contribution in [-0.4, -0.2) is 18.2 Å². The first kappa shape index (κ1) is 14.7. The number of rotatable bonds is 4. The van der Waals surface area contributed by atoms with E-state index in [-0.39, 0.29) is 22.6 Å². The molecular formula is C15H10ClNO4. The highest BCUT2D eigenvalue weighted by molar-refractivity contribution is 6.30. The van der Waals surface area contributed by atoms with Crippen LogP contribution in [0.3, 0.4) is 0 Å². The normalized spacial score (nSPS) is 9.76. The van der Waals surface area contributed by atoms with Gasteiger partial charge < -0.3 is 14.6 Å². The second-order valence-corrected chi connectivity index (χ2v) is 4.46. The van der Waals surface area contributed by atoms with E-state index in [0.717, 1.165) is 0 Å². The van der Waals surface area contributed by atoms with E-state index in [1.54, 1.807) is 6.07 Å². The first-order valence-electron chi connectivity index (χ1n) is 5.84. The zero-order valence-corrected chi connectivity index (χ0v) is 11.7. The maximum atomic E-state index is 11.0. The molecule has 21 heavy (non-hydrogen) atoms. The van der Waals surface area contributed by atoms with Gasteiger partial charge in [-0.25, -0.2) is 4.79 Å². The second kappa shape index (κ2) is 6.16. The van der Waals surface area contributed by atoms with Crippen molar-refractivity contribution in [3.8, 4) is 23.3 Å². The fraction of sp³-hybridized carbons (Fsp3) is 0.0667. The summed E-state index contributed by atoms with van der Waals surface area (Å²) in [7, 11) is 1.44. The van der Waals surface area contributed by atoms with Gasteiger partial charge >= 0.3 is 5.97 Å². The Morgan fingerprint density at radius 2 is 1.95 bits per heavy atom. The molecule has 106 valence electrons. The number of carbonyl (C=O) groups is 1. The van der Waals surface area contributed by atoms with Crippen LogP contribution in [0, 0.1) is 11.3 Å². The van der Waals surface area contributed by atoms with Crippen LogP contribution in [0.2, 0.25) is 5.02 Å². The molecule has 2 aromatic rings. The standard InChI is InChI=1S/C15H10ClNO4/c1-20-12-5-3-9(15(18)19)6-14(12)21-13-7-11(16)4-2-10(13)8-17/h2-7H,1H3,(H,18,19). The molecule has 0 unspecified atom stereocenters. The van der Waals surface area contributed by atoms with E-state index in [0.29, 0.717) is 10.8 Å². The van der Waals surface area contributed by atoms with Gasteiger partial charge in [0.2, 0.25) is 0 Å². The zero-order chi connectivity index (χ0) is 15.4. The third-order valence-electron chi connectivity index (χ3n) is 2.69. The highest BCUT2D eigenvalue weighted by Crippen LogP contribution is 2.35. The highest BCUT2D eigenvalue weighted by Gasteiger charge is 2.13. The number of aromatic carboxylic acids is 1. The molecule has 0 atom stereocenters. The zero-order valence-electron chi connectivity index (χ0n) is 11.0. The van der Waals surface area contributed by atoms with Gasteiger partial charge in [-0.1, -0.05) is 11.6 Å². The van der Waals surface area contributed by atoms with Crippen molar-refractivity contribution in [1.29, 1.82) is 5.26 Å². The first-order chi connectivity index (χ1) is 10.0. The predicted molar refractivity (Wildman–Crippen MR) is 76.2 cm³/mol. The van der Waals surface area contributed by atoms with Gasteiger partial charge in [0.1, 0.15) is 11.8 Å². The first-order valence-corrected chi connectivity index (χ1v) is 6.21. The van der Waals surface area contributed by atoms with Gasteiger partial charge in [-0.3, -0.25) is 0 Å². The molecule has 0 fully saturated rings. The number of halogens is 1. The molecule has 6 heteroatoms. The van der Waals surface area contributed by atoms with Gasteiger partial charge in [-0.15, -0.1) is 0 Å². The van der Waals surface area contributed by atoms with Gasteiger partial charge in [0, 0.05) is 11.1 Å². The van der Waals surface area contributed by atoms with E-state index in [2.05, 4.69) is 0 Å². The summed E-state index contributed by atoms with van der Waals surface area (Å²) in [6.45, 7) is 0. The van der Waals surface area contributed by atoms with Crippen molar-refractivity contribution in [3.05, 3.63) is 52.5 Å². The number of hydrogen-bond acceptors (Lipinski definition) is 4. The summed E-state index contributed by atoms with van der Waals surface area (Å²) in [5.41, 5.74) is 0.327. The lowest BCUT2D eigenvalue weighted by atomic mass is 10.2. The average molecular weight is 304 g/mol. The van der Waals surface area contributed by atoms with Gasteiger partial charge in [0.05, 0.1) is 18.2 Å². The number of methoxy groups -OCH3 is 1. The van der Waals surface area contributed by atoms with Crippen LogP contribution in [0.1, 0.15) is 15.9 Å². The Balaban J connectivity index is 2.48. The van der Waals surface area contributed by atoms with E-state index in [1.165, 1.54) is 37.4 Å². The minimum atomic E-state index is -1.09. The quantitative estimate of drug-likeness (QED) is 0.931. The van der Waals surface area contributed by atoms with Gasteiger partial charge in [-0.05, 0) is 30.3 Å². The molecule has 0 spiro atoms. The minimum absolute atomic E-state index is 0.0475. The third-order valence-corrected chi connectivity index (χ3v) is 2.93. The monoisotopic (exact) mass is 303 g/mol. The lowest BCUT2D eigenvalue weighted by Gasteiger charge is -2.12. The predicted octanol–water partition coefficient (Wildman–Crippen LogP) is 3.71. The van der Waals surface area contributed by atoms with Gasteiger partial charge in [0.15, 0.2) is 11.5 Å². The van der Waals surface area contributed by atoms with E-state index >= 15 is 0 Å². The molecule has 0 aliphatic carbocycles. The third kappa shape index (κ3) is 3.25. The van der Waals surface area contributed by atoms with Crippen LogP contribution in [0.4, 0.5) is 0 Å². The molecule has 0 radical (unpaired) electrons. The molecule has 1 N–H and O–H groups in total. The molecule has 0 aromatic heterocycles. The van der Waals surface area contributed by atoms with Crippen molar-refractivity contribution in [2.45, 2.75) is 0 Å². The molecule has 0 bridgehead atoms. The summed E-state index contributed by atoms with van der Waals surface area (Å²) in [4.78, 5) is 11.0. The van der Waals surface area contributed by atoms with Crippen LogP contribution in [-0.2, 0) is 0 Å². The smallest absolute Gasteiger partial charge is 0.335 e. The summed E-state index contributed by atoms with van der Waals surface area (Å²) < 4.78 is 10.7. The number of benzene rings is 2. The second-order valence-electron chi connectivity index (χ2n) is 4.03. The topological polar surface area (TPSA) is 79.6 Å². The Labute approximate surface area is 125 Å². The fourth-order valence-corrected chi connectivity index (χ4v) is 1.84. The van der Waals surface area contributed by atoms with Gasteiger partial charge in [0.25, 0.3) is 0 Å². The lowest BCUT2D eigenvalue weighted by molar-refractivity contribution is 0.0696. The Kier molecular flexibility index (Phi) is 4.31. The molecule has 0 heterocycles. The van der Waals surface area contributed by atoms with Crippen LogP contribution in [0.5, 0.6) is 17.2 Å². The minimum Gasteiger partial charge on any atom is -0.493 e. The van der Waals surface area contributed by atoms with Crippen molar-refractivity contribution in [1.82, 2.24) is 0 Å². The number of nitrogens with zero attached hydrogens (tertiary/aromatic N) is 1. The van der Waals surface area contributed by atoms with E-state index in [1.807, 2.05) is 6.07 Å². The molecule has 5 nitrogen and oxygen atoms in total. The molecule has 2 aromatic carbocycles. The maximum Gasteiger partial charge on any atom is 0.335 e. The van der Waals surface area contributed by atoms with E-state index in [4.69, 9.17) is 31.4 Å². The van der Waals surface area contributed by atoms with Crippen LogP contribution >= 0.6 is 11.6 Å². The van der Waals surface area contributed by atoms with E-state index in [9.17, 15) is 4.79 Å². The average Bonchev–Trinajstić information content (AvgIpc) is 2.47. The van der Waals surface area contributed by atoms with E-state index < -0.39 is 5.97 Å². The maximum absolute atomic E-state index is 11.0. The van der Waals surface area contributed by atoms with Crippen LogP contribution < -0.4 is 9.47 Å². The highest BCUT2D eigenvalue weighted by atomic mass is 35.5. The molecule has 0 aliphatic heterocycles. The molecule has 2 rings (SSSR count). The van der Waals surface area contributed by atoms with Crippen molar-refractivity contribution < 1.29 is 19.4 Å². The summed E-state index contributed by atoms with van der Waals surface area (Å²) in [6, 6.07) is 10.7. The lowest BCUT2D eigenvalue weighted by Crippen LogP contribution is -1.99. The Hall–Kier alpha value is -2.71. The summed E-state index contributed by atoms with van der Waals surface area (Å²) in [5, 5.41) is 18.5. The summed E-state index contributed by atoms with van der Waals surface area (Å²) in [5.74, 6) is -0.319. The molecule has 0 saturated carbocycles. The van der Waals surface area contributed by atoms with Crippen LogP contribution in [0.25, 0.3) is 0 Å². The molecular weight excluding hydrogens is 294 g/mol. The van der Waals surface area contributed by atoms with Crippen molar-refractivity contribution in [2.24, 2.45) is 0 Å². The van der Waals surface area contributed by atoms with Crippen molar-refractivity contribution in [2.75, 3.05) is 7.11 Å². The molecule has 0 amide bonds. The van der Waals surface area contributed by atoms with Crippen molar-refractivity contribution in [3.63, 3.8) is 0 Å². The Morgan fingerprint density at radius 1 is 1.19 bits per heavy atom. The fourth-order valence-electron chi connectivity index (χ4n) is 1.68. The van der Waals surface area contributed by atoms with Gasteiger partial charge in [-0.2, -0.15) is 5.26 Å². The molecule has 0 aliphatic rings. The summed E-state index contributed by atoms with van der Waals surface area (Å²) in [6.07, 6.45) is 0. The largest absolute Gasteiger partial charge is 0.493 e. The number of carboxylic acid groups (broad SMARTS) is 1. The SMILES string of the molecule is COc1ccc(C(=O)O)cc1Oc1cc(Cl)ccc1C#N. The molecule has 0 saturated heterocycles. The number of ether oxygens (including phenoxy) is 2. The number of carboxylic acids is 1.